The lowest BCUT2D eigenvalue weighted by Gasteiger charge is -2.46. The van der Waals surface area contributed by atoms with Crippen LogP contribution in [0.3, 0.4) is 0 Å². The summed E-state index contributed by atoms with van der Waals surface area (Å²) in [6.07, 6.45) is 2.20. The van der Waals surface area contributed by atoms with Crippen LogP contribution in [0.1, 0.15) is 43.4 Å². The van der Waals surface area contributed by atoms with Gasteiger partial charge in [-0.2, -0.15) is 4.98 Å². The Balaban J connectivity index is 1.50. The van der Waals surface area contributed by atoms with Crippen molar-refractivity contribution in [3.05, 3.63) is 11.7 Å². The number of nitrogens with zero attached hydrogens (tertiary/aromatic N) is 4. The van der Waals surface area contributed by atoms with Crippen LogP contribution in [0, 0.1) is 0 Å². The first kappa shape index (κ1) is 12.7. The lowest BCUT2D eigenvalue weighted by Crippen LogP contribution is -2.57. The highest BCUT2D eigenvalue weighted by molar-refractivity contribution is 5.04. The average molecular weight is 277 g/mol. The van der Waals surface area contributed by atoms with Crippen LogP contribution in [-0.2, 0) is 0 Å². The lowest BCUT2D eigenvalue weighted by molar-refractivity contribution is 0.00781. The van der Waals surface area contributed by atoms with Gasteiger partial charge >= 0.3 is 0 Å². The third kappa shape index (κ3) is 2.25. The van der Waals surface area contributed by atoms with Crippen molar-refractivity contribution in [1.82, 2.24) is 25.3 Å². The van der Waals surface area contributed by atoms with Crippen molar-refractivity contribution in [2.75, 3.05) is 39.3 Å². The van der Waals surface area contributed by atoms with E-state index in [1.54, 1.807) is 0 Å². The van der Waals surface area contributed by atoms with E-state index in [9.17, 15) is 0 Å². The minimum absolute atomic E-state index is 0.342. The monoisotopic (exact) mass is 277 g/mol. The SMILES string of the molecule is CC1CC(c2nc(C3CN4CCN3CC4)no2)CCN1. The molecule has 0 spiro atoms. The molecule has 6 nitrogen and oxygen atoms in total. The molecule has 1 aromatic heterocycles. The van der Waals surface area contributed by atoms with Crippen LogP contribution in [0.25, 0.3) is 0 Å². The zero-order valence-electron chi connectivity index (χ0n) is 12.1. The highest BCUT2D eigenvalue weighted by atomic mass is 16.5. The van der Waals surface area contributed by atoms with E-state index in [0.717, 1.165) is 50.7 Å². The summed E-state index contributed by atoms with van der Waals surface area (Å²) in [7, 11) is 0. The lowest BCUT2D eigenvalue weighted by atomic mass is 9.93. The predicted octanol–water partition coefficient (Wildman–Crippen LogP) is 0.597. The molecule has 1 aromatic rings. The quantitative estimate of drug-likeness (QED) is 0.854. The number of hydrogen-bond acceptors (Lipinski definition) is 6. The van der Waals surface area contributed by atoms with E-state index in [0.29, 0.717) is 18.0 Å². The molecule has 5 rings (SSSR count). The average Bonchev–Trinajstić information content (AvgIpc) is 2.98. The Labute approximate surface area is 119 Å². The van der Waals surface area contributed by atoms with Gasteiger partial charge in [0.1, 0.15) is 0 Å². The second kappa shape index (κ2) is 5.09. The van der Waals surface area contributed by atoms with Crippen molar-refractivity contribution in [2.45, 2.75) is 37.8 Å². The summed E-state index contributed by atoms with van der Waals surface area (Å²) >= 11 is 0. The second-order valence-electron chi connectivity index (χ2n) is 6.42. The molecule has 0 radical (unpaired) electrons. The first-order chi connectivity index (χ1) is 9.79. The largest absolute Gasteiger partial charge is 0.339 e. The Hall–Kier alpha value is -0.980. The van der Waals surface area contributed by atoms with Gasteiger partial charge in [0.2, 0.25) is 5.89 Å². The summed E-state index contributed by atoms with van der Waals surface area (Å²) in [5.41, 5.74) is 0. The van der Waals surface area contributed by atoms with Crippen molar-refractivity contribution in [3.63, 3.8) is 0 Å². The third-order valence-electron chi connectivity index (χ3n) is 5.01. The van der Waals surface area contributed by atoms with Gasteiger partial charge in [-0.1, -0.05) is 5.16 Å². The Kier molecular flexibility index (Phi) is 3.24. The Bertz CT molecular complexity index is 468. The van der Waals surface area contributed by atoms with E-state index in [1.807, 2.05) is 0 Å². The molecule has 4 saturated heterocycles. The van der Waals surface area contributed by atoms with Crippen molar-refractivity contribution in [2.24, 2.45) is 0 Å². The van der Waals surface area contributed by atoms with E-state index in [1.165, 1.54) is 13.1 Å². The number of hydrogen-bond donors (Lipinski definition) is 1. The maximum Gasteiger partial charge on any atom is 0.229 e. The van der Waals surface area contributed by atoms with Gasteiger partial charge in [0.05, 0.1) is 6.04 Å². The van der Waals surface area contributed by atoms with Gasteiger partial charge in [0.15, 0.2) is 5.82 Å². The van der Waals surface area contributed by atoms with Crippen LogP contribution >= 0.6 is 0 Å². The molecule has 0 amide bonds. The topological polar surface area (TPSA) is 57.4 Å². The summed E-state index contributed by atoms with van der Waals surface area (Å²) in [4.78, 5) is 9.74. The first-order valence-electron chi connectivity index (χ1n) is 7.83. The Morgan fingerprint density at radius 2 is 2.10 bits per heavy atom. The molecule has 3 atom stereocenters. The molecule has 4 aliphatic rings. The van der Waals surface area contributed by atoms with Gasteiger partial charge in [-0.3, -0.25) is 9.80 Å². The normalized spacial score (nSPS) is 41.0. The molecule has 3 unspecified atom stereocenters. The van der Waals surface area contributed by atoms with Crippen LogP contribution in [0.5, 0.6) is 0 Å². The van der Waals surface area contributed by atoms with Crippen molar-refractivity contribution in [1.29, 1.82) is 0 Å². The minimum Gasteiger partial charge on any atom is -0.339 e. The Morgan fingerprint density at radius 1 is 1.25 bits per heavy atom. The zero-order valence-corrected chi connectivity index (χ0v) is 12.1. The molecule has 20 heavy (non-hydrogen) atoms. The van der Waals surface area contributed by atoms with Crippen molar-refractivity contribution >= 4 is 0 Å². The Morgan fingerprint density at radius 3 is 2.80 bits per heavy atom. The fourth-order valence-corrected chi connectivity index (χ4v) is 3.77. The minimum atomic E-state index is 0.342. The molecule has 0 aromatic carbocycles. The molecule has 5 heterocycles. The molecule has 4 aliphatic heterocycles. The second-order valence-corrected chi connectivity index (χ2v) is 6.42. The summed E-state index contributed by atoms with van der Waals surface area (Å²) in [5.74, 6) is 2.19. The number of piperazine rings is 3. The van der Waals surface area contributed by atoms with E-state index < -0.39 is 0 Å². The van der Waals surface area contributed by atoms with E-state index in [4.69, 9.17) is 9.51 Å². The number of piperidine rings is 1. The van der Waals surface area contributed by atoms with Gasteiger partial charge in [-0.15, -0.1) is 0 Å². The first-order valence-corrected chi connectivity index (χ1v) is 7.83. The maximum absolute atomic E-state index is 5.58. The van der Waals surface area contributed by atoms with Gasteiger partial charge in [-0.25, -0.2) is 0 Å². The molecule has 0 aliphatic carbocycles. The highest BCUT2D eigenvalue weighted by Crippen LogP contribution is 2.30. The third-order valence-corrected chi connectivity index (χ3v) is 5.01. The van der Waals surface area contributed by atoms with Gasteiger partial charge < -0.3 is 9.84 Å². The number of nitrogens with one attached hydrogen (secondary N) is 1. The molecule has 0 saturated carbocycles. The van der Waals surface area contributed by atoms with Gasteiger partial charge in [0, 0.05) is 44.7 Å². The predicted molar refractivity (Wildman–Crippen MR) is 74.5 cm³/mol. The molecule has 1 N–H and O–H groups in total. The van der Waals surface area contributed by atoms with Gasteiger partial charge in [0.25, 0.3) is 0 Å². The number of aromatic nitrogens is 2. The molecular weight excluding hydrogens is 254 g/mol. The van der Waals surface area contributed by atoms with Crippen molar-refractivity contribution < 1.29 is 4.52 Å². The van der Waals surface area contributed by atoms with Gasteiger partial charge in [-0.05, 0) is 26.3 Å². The molecule has 110 valence electrons. The molecule has 2 bridgehead atoms. The fraction of sp³-hybridized carbons (Fsp3) is 0.857. The van der Waals surface area contributed by atoms with E-state index >= 15 is 0 Å². The summed E-state index contributed by atoms with van der Waals surface area (Å²) < 4.78 is 5.58. The zero-order chi connectivity index (χ0) is 13.5. The number of rotatable bonds is 2. The smallest absolute Gasteiger partial charge is 0.229 e. The summed E-state index contributed by atoms with van der Waals surface area (Å²) in [6, 6.07) is 0.888. The van der Waals surface area contributed by atoms with Crippen LogP contribution in [0.2, 0.25) is 0 Å². The number of fused-ring (bicyclic) bond motifs is 3. The van der Waals surface area contributed by atoms with E-state index in [2.05, 4.69) is 27.2 Å². The standard InChI is InChI=1S/C14H23N5O/c1-10-8-11(2-3-15-10)14-16-13(17-20-14)12-9-18-4-6-19(12)7-5-18/h10-12,15H,2-9H2,1H3. The van der Waals surface area contributed by atoms with Crippen molar-refractivity contribution in [3.8, 4) is 0 Å². The van der Waals surface area contributed by atoms with Crippen LogP contribution < -0.4 is 5.32 Å². The van der Waals surface area contributed by atoms with E-state index in [-0.39, 0.29) is 0 Å². The van der Waals surface area contributed by atoms with Crippen LogP contribution in [-0.4, -0.2) is 65.3 Å². The molecular formula is C14H23N5O. The van der Waals surface area contributed by atoms with Crippen LogP contribution in [0.4, 0.5) is 0 Å². The highest BCUT2D eigenvalue weighted by Gasteiger charge is 2.36. The molecule has 4 fully saturated rings. The fourth-order valence-electron chi connectivity index (χ4n) is 3.77. The van der Waals surface area contributed by atoms with Crippen LogP contribution in [0.15, 0.2) is 4.52 Å². The summed E-state index contributed by atoms with van der Waals surface area (Å²) in [6.45, 7) is 8.98. The summed E-state index contributed by atoms with van der Waals surface area (Å²) in [5, 5.41) is 7.75. The molecule has 6 heteroatoms. The maximum atomic E-state index is 5.58.